The highest BCUT2D eigenvalue weighted by atomic mass is 35.5. The lowest BCUT2D eigenvalue weighted by atomic mass is 10.2. The first kappa shape index (κ1) is 26.1. The van der Waals surface area contributed by atoms with Crippen LogP contribution >= 0.6 is 11.6 Å². The Balaban J connectivity index is 1.61. The van der Waals surface area contributed by atoms with Crippen molar-refractivity contribution in [2.75, 3.05) is 38.5 Å². The van der Waals surface area contributed by atoms with Gasteiger partial charge >= 0.3 is 6.18 Å². The summed E-state index contributed by atoms with van der Waals surface area (Å²) >= 11 is 5.82. The van der Waals surface area contributed by atoms with E-state index in [9.17, 15) is 26.4 Å². The highest BCUT2D eigenvalue weighted by Gasteiger charge is 2.40. The summed E-state index contributed by atoms with van der Waals surface area (Å²) in [5.41, 5.74) is -1.86. The number of sulfonamides is 1. The molecule has 0 atom stereocenters. The number of hydrogen-bond donors (Lipinski definition) is 1. The SMILES string of the molecule is CN1CCCN(S(=O)(=O)c2cccc(NC(=O)c3cnn(-c4ccc(Cl)cc4)c3C(F)(F)F)c2)CC1. The summed E-state index contributed by atoms with van der Waals surface area (Å²) in [5.74, 6) is -1.08. The molecule has 0 saturated carbocycles. The number of carbonyl (C=O) groups excluding carboxylic acids is 1. The topological polar surface area (TPSA) is 87.5 Å². The smallest absolute Gasteiger partial charge is 0.322 e. The number of nitrogens with zero attached hydrogens (tertiary/aromatic N) is 4. The summed E-state index contributed by atoms with van der Waals surface area (Å²) in [6, 6.07) is 11.0. The molecule has 192 valence electrons. The third-order valence-corrected chi connectivity index (χ3v) is 7.91. The van der Waals surface area contributed by atoms with Crippen molar-refractivity contribution in [2.45, 2.75) is 17.5 Å². The van der Waals surface area contributed by atoms with Crippen LogP contribution in [0.2, 0.25) is 5.02 Å². The van der Waals surface area contributed by atoms with Crippen LogP contribution in [0.25, 0.3) is 5.69 Å². The summed E-state index contributed by atoms with van der Waals surface area (Å²) in [7, 11) is -1.94. The van der Waals surface area contributed by atoms with Gasteiger partial charge in [0.25, 0.3) is 5.91 Å². The van der Waals surface area contributed by atoms with Crippen LogP contribution in [-0.4, -0.2) is 66.5 Å². The van der Waals surface area contributed by atoms with E-state index in [-0.39, 0.29) is 16.3 Å². The van der Waals surface area contributed by atoms with Crippen molar-refractivity contribution >= 4 is 33.2 Å². The van der Waals surface area contributed by atoms with Gasteiger partial charge in [-0.1, -0.05) is 17.7 Å². The van der Waals surface area contributed by atoms with E-state index in [1.54, 1.807) is 0 Å². The molecule has 0 unspecified atom stereocenters. The van der Waals surface area contributed by atoms with E-state index in [4.69, 9.17) is 11.6 Å². The van der Waals surface area contributed by atoms with Crippen molar-refractivity contribution in [1.29, 1.82) is 0 Å². The Hall–Kier alpha value is -2.93. The number of hydrogen-bond acceptors (Lipinski definition) is 5. The van der Waals surface area contributed by atoms with Gasteiger partial charge in [0.15, 0.2) is 5.69 Å². The summed E-state index contributed by atoms with van der Waals surface area (Å²) in [6.45, 7) is 2.01. The van der Waals surface area contributed by atoms with Gasteiger partial charge in [-0.3, -0.25) is 4.79 Å². The van der Waals surface area contributed by atoms with Crippen molar-refractivity contribution in [1.82, 2.24) is 19.0 Å². The summed E-state index contributed by atoms with van der Waals surface area (Å²) in [4.78, 5) is 14.9. The average Bonchev–Trinajstić information content (AvgIpc) is 3.16. The Bertz CT molecular complexity index is 1360. The van der Waals surface area contributed by atoms with Gasteiger partial charge in [-0.25, -0.2) is 13.1 Å². The zero-order chi connectivity index (χ0) is 26.1. The fraction of sp³-hybridized carbons (Fsp3) is 0.304. The molecule has 0 spiro atoms. The van der Waals surface area contributed by atoms with E-state index in [0.29, 0.717) is 35.8 Å². The van der Waals surface area contributed by atoms with Crippen molar-refractivity contribution < 1.29 is 26.4 Å². The summed E-state index contributed by atoms with van der Waals surface area (Å²) in [5, 5.41) is 6.47. The largest absolute Gasteiger partial charge is 0.434 e. The first-order valence-corrected chi connectivity index (χ1v) is 12.8. The predicted molar refractivity (Wildman–Crippen MR) is 129 cm³/mol. The van der Waals surface area contributed by atoms with Gasteiger partial charge in [-0.15, -0.1) is 0 Å². The maximum Gasteiger partial charge on any atom is 0.434 e. The Morgan fingerprint density at radius 3 is 2.47 bits per heavy atom. The molecule has 2 aromatic carbocycles. The Morgan fingerprint density at radius 1 is 1.06 bits per heavy atom. The van der Waals surface area contributed by atoms with Crippen LogP contribution < -0.4 is 5.32 Å². The molecule has 1 saturated heterocycles. The van der Waals surface area contributed by atoms with E-state index >= 15 is 0 Å². The molecule has 1 aliphatic rings. The lowest BCUT2D eigenvalue weighted by Gasteiger charge is -2.20. The van der Waals surface area contributed by atoms with Crippen LogP contribution in [0.15, 0.2) is 59.6 Å². The molecule has 1 amide bonds. The third-order valence-electron chi connectivity index (χ3n) is 5.76. The minimum atomic E-state index is -4.89. The van der Waals surface area contributed by atoms with Crippen LogP contribution in [0, 0.1) is 0 Å². The Morgan fingerprint density at radius 2 is 1.78 bits per heavy atom. The van der Waals surface area contributed by atoms with E-state index in [2.05, 4.69) is 10.4 Å². The van der Waals surface area contributed by atoms with E-state index < -0.39 is 33.4 Å². The quantitative estimate of drug-likeness (QED) is 0.525. The molecule has 3 aromatic rings. The molecule has 1 aromatic heterocycles. The Labute approximate surface area is 211 Å². The van der Waals surface area contributed by atoms with Crippen molar-refractivity contribution in [2.24, 2.45) is 0 Å². The normalized spacial score (nSPS) is 16.0. The molecular weight excluding hydrogens is 519 g/mol. The Kier molecular flexibility index (Phi) is 7.41. The van der Waals surface area contributed by atoms with Gasteiger partial charge < -0.3 is 10.2 Å². The molecule has 4 rings (SSSR count). The second-order valence-corrected chi connectivity index (χ2v) is 10.7. The number of rotatable bonds is 5. The second kappa shape index (κ2) is 10.2. The fourth-order valence-electron chi connectivity index (χ4n) is 3.91. The summed E-state index contributed by atoms with van der Waals surface area (Å²) in [6.07, 6.45) is -3.40. The molecule has 2 heterocycles. The van der Waals surface area contributed by atoms with Crippen molar-refractivity contribution in [3.05, 3.63) is 71.0 Å². The highest BCUT2D eigenvalue weighted by Crippen LogP contribution is 2.34. The van der Waals surface area contributed by atoms with E-state index in [1.807, 2.05) is 11.9 Å². The first-order valence-electron chi connectivity index (χ1n) is 11.0. The number of amides is 1. The van der Waals surface area contributed by atoms with Gasteiger partial charge in [0.2, 0.25) is 10.0 Å². The summed E-state index contributed by atoms with van der Waals surface area (Å²) < 4.78 is 70.1. The molecule has 1 aliphatic heterocycles. The highest BCUT2D eigenvalue weighted by molar-refractivity contribution is 7.89. The van der Waals surface area contributed by atoms with Crippen LogP contribution in [-0.2, 0) is 16.2 Å². The van der Waals surface area contributed by atoms with Gasteiger partial charge in [0.05, 0.1) is 22.3 Å². The standard InChI is InChI=1S/C23H23ClF3N5O3S/c1-30-10-3-11-31(13-12-30)36(34,35)19-5-2-4-17(14-19)29-22(33)20-15-28-32(21(20)23(25,26)27)18-8-6-16(24)7-9-18/h2,4-9,14-15H,3,10-13H2,1H3,(H,29,33). The number of halogens is 4. The zero-order valence-electron chi connectivity index (χ0n) is 19.2. The van der Waals surface area contributed by atoms with Crippen LogP contribution in [0.1, 0.15) is 22.5 Å². The number of likely N-dealkylation sites (N-methyl/N-ethyl adjacent to an activating group) is 1. The molecule has 36 heavy (non-hydrogen) atoms. The van der Waals surface area contributed by atoms with Gasteiger partial charge in [0, 0.05) is 30.3 Å². The monoisotopic (exact) mass is 541 g/mol. The minimum absolute atomic E-state index is 0.0420. The van der Waals surface area contributed by atoms with Crippen molar-refractivity contribution in [3.63, 3.8) is 0 Å². The molecule has 0 radical (unpaired) electrons. The molecule has 13 heteroatoms. The van der Waals surface area contributed by atoms with Gasteiger partial charge in [0.1, 0.15) is 0 Å². The first-order chi connectivity index (χ1) is 17.0. The molecule has 1 fully saturated rings. The number of carbonyl (C=O) groups is 1. The fourth-order valence-corrected chi connectivity index (χ4v) is 5.55. The van der Waals surface area contributed by atoms with E-state index in [1.165, 1.54) is 52.8 Å². The van der Waals surface area contributed by atoms with Gasteiger partial charge in [-0.2, -0.15) is 22.6 Å². The predicted octanol–water partition coefficient (Wildman–Crippen LogP) is 4.12. The van der Waals surface area contributed by atoms with Crippen LogP contribution in [0.3, 0.4) is 0 Å². The van der Waals surface area contributed by atoms with Gasteiger partial charge in [-0.05, 0) is 62.5 Å². The lowest BCUT2D eigenvalue weighted by molar-refractivity contribution is -0.143. The minimum Gasteiger partial charge on any atom is -0.322 e. The molecule has 0 aliphatic carbocycles. The third kappa shape index (κ3) is 5.56. The van der Waals surface area contributed by atoms with E-state index in [0.717, 1.165) is 12.7 Å². The zero-order valence-corrected chi connectivity index (χ0v) is 20.7. The number of alkyl halides is 3. The van der Waals surface area contributed by atoms with Crippen LogP contribution in [0.4, 0.5) is 18.9 Å². The molecule has 0 bridgehead atoms. The number of aromatic nitrogens is 2. The molecular formula is C23H23ClF3N5O3S. The molecule has 8 nitrogen and oxygen atoms in total. The maximum atomic E-state index is 13.9. The second-order valence-electron chi connectivity index (χ2n) is 8.34. The molecule has 1 N–H and O–H groups in total. The van der Waals surface area contributed by atoms with Crippen molar-refractivity contribution in [3.8, 4) is 5.69 Å². The number of benzene rings is 2. The average molecular weight is 542 g/mol. The van der Waals surface area contributed by atoms with Crippen LogP contribution in [0.5, 0.6) is 0 Å². The lowest BCUT2D eigenvalue weighted by Crippen LogP contribution is -2.34. The number of nitrogens with one attached hydrogen (secondary N) is 1. The maximum absolute atomic E-state index is 13.9. The number of anilines is 1.